The van der Waals surface area contributed by atoms with Crippen molar-refractivity contribution >= 4 is 17.7 Å². The van der Waals surface area contributed by atoms with Gasteiger partial charge in [-0.05, 0) is 31.0 Å². The van der Waals surface area contributed by atoms with Crippen LogP contribution in [0.3, 0.4) is 0 Å². The average molecular weight is 366 g/mol. The molecule has 2 N–H and O–H groups in total. The standard InChI is InChI=1S/C21H23N3OS/c1-3-18(20-22-14-19(23-20)16-10-6-4-7-11-16)24-21(25)15(2)26-17-12-8-5-9-13-17/h4-15,18H,3H2,1-2H3,(H,22,23)(H,24,25). The normalized spacial score (nSPS) is 13.2. The largest absolute Gasteiger partial charge is 0.345 e. The fourth-order valence-corrected chi connectivity index (χ4v) is 3.59. The summed E-state index contributed by atoms with van der Waals surface area (Å²) in [7, 11) is 0. The average Bonchev–Trinajstić information content (AvgIpc) is 3.17. The minimum Gasteiger partial charge on any atom is -0.345 e. The summed E-state index contributed by atoms with van der Waals surface area (Å²) in [6.07, 6.45) is 2.60. The smallest absolute Gasteiger partial charge is 0.233 e. The van der Waals surface area contributed by atoms with E-state index in [9.17, 15) is 4.79 Å². The molecule has 1 amide bonds. The lowest BCUT2D eigenvalue weighted by molar-refractivity contribution is -0.121. The molecule has 0 bridgehead atoms. The molecule has 0 saturated heterocycles. The van der Waals surface area contributed by atoms with Gasteiger partial charge in [0.1, 0.15) is 5.82 Å². The summed E-state index contributed by atoms with van der Waals surface area (Å²) in [6, 6.07) is 19.9. The van der Waals surface area contributed by atoms with E-state index >= 15 is 0 Å². The zero-order valence-electron chi connectivity index (χ0n) is 15.0. The van der Waals surface area contributed by atoms with Gasteiger partial charge in [0, 0.05) is 4.90 Å². The Balaban J connectivity index is 1.65. The van der Waals surface area contributed by atoms with Crippen LogP contribution in [0.5, 0.6) is 0 Å². The number of thioether (sulfide) groups is 1. The molecule has 0 fully saturated rings. The van der Waals surface area contributed by atoms with Crippen molar-refractivity contribution in [3.63, 3.8) is 0 Å². The van der Waals surface area contributed by atoms with Gasteiger partial charge in [-0.2, -0.15) is 0 Å². The van der Waals surface area contributed by atoms with Gasteiger partial charge in [0.25, 0.3) is 0 Å². The fourth-order valence-electron chi connectivity index (χ4n) is 2.69. The van der Waals surface area contributed by atoms with E-state index in [2.05, 4.69) is 15.3 Å². The maximum absolute atomic E-state index is 12.6. The van der Waals surface area contributed by atoms with E-state index in [4.69, 9.17) is 0 Å². The Labute approximate surface area is 158 Å². The lowest BCUT2D eigenvalue weighted by Gasteiger charge is -2.18. The van der Waals surface area contributed by atoms with Crippen LogP contribution in [0.25, 0.3) is 11.3 Å². The number of aromatic nitrogens is 2. The third-order valence-electron chi connectivity index (χ3n) is 4.16. The number of benzene rings is 2. The third-order valence-corrected chi connectivity index (χ3v) is 5.27. The van der Waals surface area contributed by atoms with E-state index in [0.717, 1.165) is 28.4 Å². The first-order valence-electron chi connectivity index (χ1n) is 8.79. The van der Waals surface area contributed by atoms with Crippen LogP contribution in [0.2, 0.25) is 0 Å². The van der Waals surface area contributed by atoms with Gasteiger partial charge in [0.2, 0.25) is 5.91 Å². The second kappa shape index (κ2) is 8.72. The van der Waals surface area contributed by atoms with Crippen LogP contribution >= 0.6 is 11.8 Å². The minimum absolute atomic E-state index is 0.0170. The van der Waals surface area contributed by atoms with Crippen LogP contribution in [0.1, 0.15) is 32.1 Å². The third kappa shape index (κ3) is 4.55. The molecule has 1 heterocycles. The number of imidazole rings is 1. The Morgan fingerprint density at radius 1 is 1.12 bits per heavy atom. The van der Waals surface area contributed by atoms with Gasteiger partial charge >= 0.3 is 0 Å². The SMILES string of the molecule is CCC(NC(=O)C(C)Sc1ccccc1)c1ncc(-c2ccccc2)[nH]1. The first-order chi connectivity index (χ1) is 12.7. The molecule has 0 saturated carbocycles. The number of rotatable bonds is 7. The molecule has 2 unspecified atom stereocenters. The van der Waals surface area contributed by atoms with Crippen molar-refractivity contribution in [3.05, 3.63) is 72.7 Å². The minimum atomic E-state index is -0.171. The predicted molar refractivity (Wildman–Crippen MR) is 107 cm³/mol. The van der Waals surface area contributed by atoms with Crippen molar-refractivity contribution in [2.75, 3.05) is 0 Å². The van der Waals surface area contributed by atoms with Crippen molar-refractivity contribution in [1.29, 1.82) is 0 Å². The molecule has 0 aliphatic rings. The van der Waals surface area contributed by atoms with Crippen LogP contribution in [0.4, 0.5) is 0 Å². The van der Waals surface area contributed by atoms with Crippen molar-refractivity contribution in [2.45, 2.75) is 36.5 Å². The fraction of sp³-hybridized carbons (Fsp3) is 0.238. The zero-order chi connectivity index (χ0) is 18.4. The number of hydrogen-bond acceptors (Lipinski definition) is 3. The zero-order valence-corrected chi connectivity index (χ0v) is 15.8. The highest BCUT2D eigenvalue weighted by Gasteiger charge is 2.21. The molecular formula is C21H23N3OS. The highest BCUT2D eigenvalue weighted by atomic mass is 32.2. The quantitative estimate of drug-likeness (QED) is 0.590. The summed E-state index contributed by atoms with van der Waals surface area (Å²) in [6.45, 7) is 3.97. The molecule has 2 aromatic carbocycles. The van der Waals surface area contributed by atoms with Crippen LogP contribution in [-0.2, 0) is 4.79 Å². The van der Waals surface area contributed by atoms with E-state index in [1.54, 1.807) is 11.8 Å². The summed E-state index contributed by atoms with van der Waals surface area (Å²) < 4.78 is 0. The molecule has 26 heavy (non-hydrogen) atoms. The van der Waals surface area contributed by atoms with Gasteiger partial charge in [-0.15, -0.1) is 11.8 Å². The monoisotopic (exact) mass is 365 g/mol. The van der Waals surface area contributed by atoms with Crippen molar-refractivity contribution < 1.29 is 4.79 Å². The lowest BCUT2D eigenvalue weighted by Crippen LogP contribution is -2.34. The number of amides is 1. The maximum Gasteiger partial charge on any atom is 0.233 e. The molecule has 134 valence electrons. The molecule has 2 atom stereocenters. The van der Waals surface area contributed by atoms with E-state index in [1.165, 1.54) is 0 Å². The number of nitrogens with zero attached hydrogens (tertiary/aromatic N) is 1. The van der Waals surface area contributed by atoms with Gasteiger partial charge in [-0.1, -0.05) is 55.5 Å². The number of nitrogens with one attached hydrogen (secondary N) is 2. The van der Waals surface area contributed by atoms with Gasteiger partial charge in [0.05, 0.1) is 23.2 Å². The van der Waals surface area contributed by atoms with Gasteiger partial charge in [0.15, 0.2) is 0 Å². The molecular weight excluding hydrogens is 342 g/mol. The van der Waals surface area contributed by atoms with E-state index < -0.39 is 0 Å². The van der Waals surface area contributed by atoms with Crippen molar-refractivity contribution in [1.82, 2.24) is 15.3 Å². The molecule has 1 aromatic heterocycles. The van der Waals surface area contributed by atoms with Crippen LogP contribution in [-0.4, -0.2) is 21.1 Å². The van der Waals surface area contributed by atoms with Gasteiger partial charge in [-0.25, -0.2) is 4.98 Å². The first-order valence-corrected chi connectivity index (χ1v) is 9.67. The van der Waals surface area contributed by atoms with Crippen LogP contribution in [0.15, 0.2) is 71.8 Å². The Morgan fingerprint density at radius 3 is 2.42 bits per heavy atom. The summed E-state index contributed by atoms with van der Waals surface area (Å²) in [5, 5.41) is 2.94. The Hall–Kier alpha value is -2.53. The van der Waals surface area contributed by atoms with Crippen LogP contribution in [0, 0.1) is 0 Å². The van der Waals surface area contributed by atoms with Gasteiger partial charge in [-0.3, -0.25) is 4.79 Å². The Bertz CT molecular complexity index is 833. The number of aromatic amines is 1. The number of carbonyl (C=O) groups is 1. The molecule has 0 aliphatic carbocycles. The molecule has 0 aliphatic heterocycles. The number of hydrogen-bond donors (Lipinski definition) is 2. The highest BCUT2D eigenvalue weighted by molar-refractivity contribution is 8.00. The topological polar surface area (TPSA) is 57.8 Å². The summed E-state index contributed by atoms with van der Waals surface area (Å²) in [4.78, 5) is 21.5. The second-order valence-electron chi connectivity index (χ2n) is 6.09. The van der Waals surface area contributed by atoms with Gasteiger partial charge < -0.3 is 10.3 Å². The molecule has 4 nitrogen and oxygen atoms in total. The summed E-state index contributed by atoms with van der Waals surface area (Å²) in [5.74, 6) is 0.806. The predicted octanol–water partition coefficient (Wildman–Crippen LogP) is 4.82. The molecule has 0 radical (unpaired) electrons. The first kappa shape index (κ1) is 18.3. The van der Waals surface area contributed by atoms with Crippen molar-refractivity contribution in [3.8, 4) is 11.3 Å². The summed E-state index contributed by atoms with van der Waals surface area (Å²) >= 11 is 1.56. The molecule has 0 spiro atoms. The van der Waals surface area contributed by atoms with E-state index in [-0.39, 0.29) is 17.2 Å². The Morgan fingerprint density at radius 2 is 1.77 bits per heavy atom. The van der Waals surface area contributed by atoms with E-state index in [0.29, 0.717) is 0 Å². The van der Waals surface area contributed by atoms with Crippen molar-refractivity contribution in [2.24, 2.45) is 0 Å². The highest BCUT2D eigenvalue weighted by Crippen LogP contribution is 2.24. The Kier molecular flexibility index (Phi) is 6.12. The second-order valence-corrected chi connectivity index (χ2v) is 7.50. The maximum atomic E-state index is 12.6. The lowest BCUT2D eigenvalue weighted by atomic mass is 10.2. The number of carbonyl (C=O) groups excluding carboxylic acids is 1. The molecule has 5 heteroatoms. The van der Waals surface area contributed by atoms with Crippen LogP contribution < -0.4 is 5.32 Å². The van der Waals surface area contributed by atoms with E-state index in [1.807, 2.05) is 80.7 Å². The molecule has 3 aromatic rings. The number of H-pyrrole nitrogens is 1. The molecule has 3 rings (SSSR count). The summed E-state index contributed by atoms with van der Waals surface area (Å²) in [5.41, 5.74) is 2.04.